The number of aromatic nitrogens is 4. The third-order valence-electron chi connectivity index (χ3n) is 3.66. The molecule has 7 nitrogen and oxygen atoms in total. The maximum absolute atomic E-state index is 4.56. The molecule has 1 N–H and O–H groups in total. The first-order valence-corrected chi connectivity index (χ1v) is 7.64. The first kappa shape index (κ1) is 14.6. The van der Waals surface area contributed by atoms with Crippen LogP contribution in [0.2, 0.25) is 0 Å². The van der Waals surface area contributed by atoms with Crippen molar-refractivity contribution in [3.8, 4) is 0 Å². The highest BCUT2D eigenvalue weighted by Gasteiger charge is 2.19. The molecule has 0 saturated carbocycles. The average molecular weight is 299 g/mol. The van der Waals surface area contributed by atoms with Crippen LogP contribution in [0.1, 0.15) is 12.6 Å². The molecular weight excluding hydrogens is 278 g/mol. The molecule has 0 aromatic carbocycles. The monoisotopic (exact) mass is 299 g/mol. The van der Waals surface area contributed by atoms with Gasteiger partial charge in [0.15, 0.2) is 0 Å². The van der Waals surface area contributed by atoms with Gasteiger partial charge in [0.1, 0.15) is 5.82 Å². The lowest BCUT2D eigenvalue weighted by atomic mass is 10.3. The highest BCUT2D eigenvalue weighted by molar-refractivity contribution is 5.41. The van der Waals surface area contributed by atoms with Crippen LogP contribution in [0.4, 0.5) is 11.8 Å². The lowest BCUT2D eigenvalue weighted by molar-refractivity contribution is 0.245. The van der Waals surface area contributed by atoms with Crippen molar-refractivity contribution in [2.24, 2.45) is 0 Å². The lowest BCUT2D eigenvalue weighted by Gasteiger charge is -2.34. The van der Waals surface area contributed by atoms with Crippen LogP contribution >= 0.6 is 0 Å². The van der Waals surface area contributed by atoms with E-state index in [0.29, 0.717) is 0 Å². The molecule has 0 unspecified atom stereocenters. The normalized spacial score (nSPS) is 15.8. The summed E-state index contributed by atoms with van der Waals surface area (Å²) in [5.41, 5.74) is 1.02. The quantitative estimate of drug-likeness (QED) is 0.884. The molecule has 0 bridgehead atoms. The van der Waals surface area contributed by atoms with Crippen LogP contribution in [-0.4, -0.2) is 57.6 Å². The molecular formula is C15H21N7. The van der Waals surface area contributed by atoms with Gasteiger partial charge < -0.3 is 10.2 Å². The van der Waals surface area contributed by atoms with E-state index in [2.05, 4.69) is 42.0 Å². The van der Waals surface area contributed by atoms with Crippen LogP contribution in [0.5, 0.6) is 0 Å². The summed E-state index contributed by atoms with van der Waals surface area (Å²) in [4.78, 5) is 22.0. The smallest absolute Gasteiger partial charge is 0.227 e. The molecule has 0 radical (unpaired) electrons. The maximum atomic E-state index is 4.56. The fourth-order valence-corrected chi connectivity index (χ4v) is 2.53. The molecule has 116 valence electrons. The first-order valence-electron chi connectivity index (χ1n) is 7.64. The van der Waals surface area contributed by atoms with Gasteiger partial charge in [-0.25, -0.2) is 4.98 Å². The number of anilines is 2. The number of piperazine rings is 1. The zero-order chi connectivity index (χ0) is 15.2. The fraction of sp³-hybridized carbons (Fsp3) is 0.467. The van der Waals surface area contributed by atoms with Crippen LogP contribution in [0, 0.1) is 0 Å². The van der Waals surface area contributed by atoms with Crippen molar-refractivity contribution in [1.82, 2.24) is 24.8 Å². The Morgan fingerprint density at radius 3 is 2.68 bits per heavy atom. The minimum atomic E-state index is 0.803. The van der Waals surface area contributed by atoms with Gasteiger partial charge in [0, 0.05) is 64.1 Å². The van der Waals surface area contributed by atoms with Gasteiger partial charge in [0.2, 0.25) is 5.95 Å². The SMILES string of the molecule is CCNc1ccnc(N2CCN(Cc3cnccn3)CC2)n1. The van der Waals surface area contributed by atoms with E-state index < -0.39 is 0 Å². The summed E-state index contributed by atoms with van der Waals surface area (Å²) in [7, 11) is 0. The van der Waals surface area contributed by atoms with Crippen molar-refractivity contribution in [3.63, 3.8) is 0 Å². The van der Waals surface area contributed by atoms with Gasteiger partial charge in [-0.05, 0) is 13.0 Å². The first-order chi connectivity index (χ1) is 10.8. The molecule has 0 atom stereocenters. The molecule has 2 aromatic heterocycles. The summed E-state index contributed by atoms with van der Waals surface area (Å²) in [6, 6.07) is 1.90. The topological polar surface area (TPSA) is 70.1 Å². The second-order valence-electron chi connectivity index (χ2n) is 5.23. The molecule has 7 heteroatoms. The number of hydrogen-bond acceptors (Lipinski definition) is 7. The Balaban J connectivity index is 1.56. The van der Waals surface area contributed by atoms with Crippen molar-refractivity contribution >= 4 is 11.8 Å². The minimum absolute atomic E-state index is 0.803. The zero-order valence-corrected chi connectivity index (χ0v) is 12.8. The second-order valence-corrected chi connectivity index (χ2v) is 5.23. The Hall–Kier alpha value is -2.28. The molecule has 1 fully saturated rings. The van der Waals surface area contributed by atoms with Gasteiger partial charge in [-0.2, -0.15) is 4.98 Å². The Bertz CT molecular complexity index is 581. The largest absolute Gasteiger partial charge is 0.370 e. The summed E-state index contributed by atoms with van der Waals surface area (Å²) >= 11 is 0. The van der Waals surface area contributed by atoms with Gasteiger partial charge >= 0.3 is 0 Å². The Kier molecular flexibility index (Phi) is 4.75. The Labute approximate surface area is 130 Å². The van der Waals surface area contributed by atoms with Crippen LogP contribution in [0.15, 0.2) is 30.9 Å². The Morgan fingerprint density at radius 2 is 1.95 bits per heavy atom. The predicted octanol–water partition coefficient (Wildman–Crippen LogP) is 1.02. The maximum Gasteiger partial charge on any atom is 0.227 e. The molecule has 0 spiro atoms. The van der Waals surface area contributed by atoms with Gasteiger partial charge in [-0.1, -0.05) is 0 Å². The molecule has 3 rings (SSSR count). The van der Waals surface area contributed by atoms with E-state index in [0.717, 1.165) is 56.7 Å². The molecule has 22 heavy (non-hydrogen) atoms. The van der Waals surface area contributed by atoms with Crippen LogP contribution in [0.25, 0.3) is 0 Å². The summed E-state index contributed by atoms with van der Waals surface area (Å²) in [6.45, 7) is 7.58. The van der Waals surface area contributed by atoms with E-state index in [1.54, 1.807) is 12.4 Å². The number of nitrogens with one attached hydrogen (secondary N) is 1. The molecule has 1 aliphatic rings. The van der Waals surface area contributed by atoms with Gasteiger partial charge in [0.05, 0.1) is 5.69 Å². The van der Waals surface area contributed by atoms with Crippen molar-refractivity contribution in [3.05, 3.63) is 36.5 Å². The van der Waals surface area contributed by atoms with Crippen LogP contribution in [-0.2, 0) is 6.54 Å². The lowest BCUT2D eigenvalue weighted by Crippen LogP contribution is -2.46. The van der Waals surface area contributed by atoms with E-state index >= 15 is 0 Å². The summed E-state index contributed by atoms with van der Waals surface area (Å²) in [5.74, 6) is 1.69. The minimum Gasteiger partial charge on any atom is -0.370 e. The van der Waals surface area contributed by atoms with E-state index in [1.807, 2.05) is 18.5 Å². The molecule has 3 heterocycles. The fourth-order valence-electron chi connectivity index (χ4n) is 2.53. The molecule has 2 aromatic rings. The number of rotatable bonds is 5. The number of nitrogens with zero attached hydrogens (tertiary/aromatic N) is 6. The van der Waals surface area contributed by atoms with E-state index in [4.69, 9.17) is 0 Å². The number of hydrogen-bond donors (Lipinski definition) is 1. The third kappa shape index (κ3) is 3.67. The van der Waals surface area contributed by atoms with Crippen molar-refractivity contribution in [2.75, 3.05) is 42.9 Å². The van der Waals surface area contributed by atoms with Gasteiger partial charge in [0.25, 0.3) is 0 Å². The van der Waals surface area contributed by atoms with Crippen molar-refractivity contribution in [1.29, 1.82) is 0 Å². The van der Waals surface area contributed by atoms with E-state index in [-0.39, 0.29) is 0 Å². The Morgan fingerprint density at radius 1 is 1.09 bits per heavy atom. The van der Waals surface area contributed by atoms with Crippen LogP contribution in [0.3, 0.4) is 0 Å². The zero-order valence-electron chi connectivity index (χ0n) is 12.8. The van der Waals surface area contributed by atoms with Gasteiger partial charge in [-0.3, -0.25) is 14.9 Å². The van der Waals surface area contributed by atoms with Crippen molar-refractivity contribution in [2.45, 2.75) is 13.5 Å². The highest BCUT2D eigenvalue weighted by Crippen LogP contribution is 2.14. The average Bonchev–Trinajstić information content (AvgIpc) is 2.57. The standard InChI is InChI=1S/C15H21N7/c1-2-17-14-3-4-19-15(20-14)22-9-7-21(8-10-22)12-13-11-16-5-6-18-13/h3-6,11H,2,7-10,12H2,1H3,(H,17,19,20). The van der Waals surface area contributed by atoms with Crippen molar-refractivity contribution < 1.29 is 0 Å². The molecule has 1 aliphatic heterocycles. The van der Waals surface area contributed by atoms with E-state index in [1.165, 1.54) is 0 Å². The summed E-state index contributed by atoms with van der Waals surface area (Å²) in [5, 5.41) is 3.23. The van der Waals surface area contributed by atoms with Gasteiger partial charge in [-0.15, -0.1) is 0 Å². The second kappa shape index (κ2) is 7.13. The van der Waals surface area contributed by atoms with E-state index in [9.17, 15) is 0 Å². The predicted molar refractivity (Wildman–Crippen MR) is 85.7 cm³/mol. The van der Waals surface area contributed by atoms with Crippen LogP contribution < -0.4 is 10.2 Å². The summed E-state index contributed by atoms with van der Waals surface area (Å²) < 4.78 is 0. The molecule has 0 aliphatic carbocycles. The summed E-state index contributed by atoms with van der Waals surface area (Å²) in [6.07, 6.45) is 7.09. The molecule has 0 amide bonds. The third-order valence-corrected chi connectivity index (χ3v) is 3.66. The molecule has 1 saturated heterocycles. The highest BCUT2D eigenvalue weighted by atomic mass is 15.3.